The summed E-state index contributed by atoms with van der Waals surface area (Å²) >= 11 is 13.7. The lowest BCUT2D eigenvalue weighted by molar-refractivity contribution is 0.0341. The zero-order valence-electron chi connectivity index (χ0n) is 70.8. The van der Waals surface area contributed by atoms with E-state index in [1.165, 1.54) is 63.4 Å². The molecule has 0 spiro atoms. The van der Waals surface area contributed by atoms with Gasteiger partial charge in [0.15, 0.2) is 0 Å². The highest BCUT2D eigenvalue weighted by Gasteiger charge is 2.29. The van der Waals surface area contributed by atoms with Crippen molar-refractivity contribution in [2.75, 3.05) is 65.7 Å². The van der Waals surface area contributed by atoms with Crippen LogP contribution >= 0.6 is 23.2 Å². The van der Waals surface area contributed by atoms with Gasteiger partial charge in [0.1, 0.15) is 0 Å². The van der Waals surface area contributed by atoms with Crippen molar-refractivity contribution in [3.8, 4) is 33.5 Å². The second-order valence-corrected chi connectivity index (χ2v) is 34.9. The summed E-state index contributed by atoms with van der Waals surface area (Å²) in [5, 5.41) is 27.0. The van der Waals surface area contributed by atoms with Gasteiger partial charge in [-0.3, -0.25) is 62.5 Å². The number of fused-ring (bicyclic) bond motifs is 3. The van der Waals surface area contributed by atoms with Crippen LogP contribution in [-0.4, -0.2) is 147 Å². The van der Waals surface area contributed by atoms with Crippen LogP contribution in [0.25, 0.3) is 66.2 Å². The molecule has 0 bridgehead atoms. The predicted octanol–water partition coefficient (Wildman–Crippen LogP) is 16.5. The van der Waals surface area contributed by atoms with Crippen molar-refractivity contribution >= 4 is 73.6 Å². The number of nitrogens with one attached hydrogen (secondary N) is 6. The number of hydrogen-bond donors (Lipinski definition) is 6. The molecular weight excluding hydrogens is 1580 g/mol. The number of carbonyl (C=O) groups excluding carboxylic acids is 3. The van der Waals surface area contributed by atoms with E-state index in [2.05, 4.69) is 108 Å². The van der Waals surface area contributed by atoms with Crippen molar-refractivity contribution in [3.05, 3.63) is 253 Å². The summed E-state index contributed by atoms with van der Waals surface area (Å²) in [5.74, 6) is -0.710. The smallest absolute Gasteiger partial charge is 0.253 e. The third-order valence-electron chi connectivity index (χ3n) is 25.4. The Bertz CT molecular complexity index is 6030. The van der Waals surface area contributed by atoms with E-state index in [-0.39, 0.29) is 54.0 Å². The van der Waals surface area contributed by atoms with Crippen LogP contribution in [0.2, 0.25) is 10.0 Å². The molecule has 0 unspecified atom stereocenters. The number of hydrogen-bond acceptors (Lipinski definition) is 15. The lowest BCUT2D eigenvalue weighted by Crippen LogP contribution is -2.35. The summed E-state index contributed by atoms with van der Waals surface area (Å²) in [4.78, 5) is 99.2. The number of piperidine rings is 1. The van der Waals surface area contributed by atoms with Crippen LogP contribution in [0.5, 0.6) is 0 Å². The minimum atomic E-state index is -0.248. The Kier molecular flexibility index (Phi) is 26.7. The monoisotopic (exact) mass is 1680 g/mol. The summed E-state index contributed by atoms with van der Waals surface area (Å²) in [5.41, 5.74) is 19.3. The number of H-pyrrole nitrogens is 3. The topological polar surface area (TPSA) is 280 Å². The van der Waals surface area contributed by atoms with Crippen LogP contribution in [0.15, 0.2) is 142 Å². The number of aromatic amines is 3. The van der Waals surface area contributed by atoms with Crippen LogP contribution in [0.4, 0.5) is 0 Å². The molecule has 10 heterocycles. The average Bonchev–Trinajstić information content (AvgIpc) is 1.61. The molecule has 18 rings (SSSR count). The van der Waals surface area contributed by atoms with E-state index in [0.717, 1.165) is 235 Å². The minimum absolute atomic E-state index is 0.139. The fourth-order valence-electron chi connectivity index (χ4n) is 18.7. The Labute approximate surface area is 720 Å². The molecule has 6 aliphatic rings. The molecule has 5 aromatic carbocycles. The molecule has 12 aromatic rings. The number of amides is 3. The van der Waals surface area contributed by atoms with Crippen LogP contribution < -0.4 is 32.6 Å². The summed E-state index contributed by atoms with van der Waals surface area (Å²) in [6, 6.07) is 35.4. The first-order valence-corrected chi connectivity index (χ1v) is 44.3. The lowest BCUT2D eigenvalue weighted by atomic mass is 9.98. The lowest BCUT2D eigenvalue weighted by Gasteiger charge is -2.27. The average molecular weight is 1690 g/mol. The molecule has 3 saturated carbocycles. The van der Waals surface area contributed by atoms with Crippen LogP contribution in [0.3, 0.4) is 0 Å². The number of morpholine rings is 2. The first-order valence-electron chi connectivity index (χ1n) is 43.5. The fourth-order valence-corrected chi connectivity index (χ4v) is 19.3. The van der Waals surface area contributed by atoms with Gasteiger partial charge in [-0.2, -0.15) is 15.3 Å². The Hall–Kier alpha value is -10.7. The Morgan fingerprint density at radius 3 is 1.23 bits per heavy atom. The van der Waals surface area contributed by atoms with Crippen molar-refractivity contribution in [3.63, 3.8) is 0 Å². The van der Waals surface area contributed by atoms with Gasteiger partial charge in [0.2, 0.25) is 0 Å². The van der Waals surface area contributed by atoms with Crippen LogP contribution in [0, 0.1) is 41.5 Å². The molecule has 0 radical (unpaired) electrons. The molecule has 6 fully saturated rings. The molecular formula is C96H110Cl2N16O8. The second-order valence-electron chi connectivity index (χ2n) is 34.1. The van der Waals surface area contributed by atoms with Crippen molar-refractivity contribution in [2.24, 2.45) is 0 Å². The van der Waals surface area contributed by atoms with Crippen molar-refractivity contribution < 1.29 is 23.9 Å². The molecule has 0 atom stereocenters. The largest absolute Gasteiger partial charge is 0.379 e. The molecule has 3 saturated heterocycles. The van der Waals surface area contributed by atoms with E-state index in [1.807, 2.05) is 109 Å². The quantitative estimate of drug-likeness (QED) is 0.0390. The number of aryl methyl sites for hydroxylation is 6. The molecule has 3 amide bonds. The molecule has 7 aromatic heterocycles. The Morgan fingerprint density at radius 2 is 0.803 bits per heavy atom. The van der Waals surface area contributed by atoms with Crippen molar-refractivity contribution in [1.82, 2.24) is 79.9 Å². The molecule has 3 aliphatic heterocycles. The maximum atomic E-state index is 13.7. The zero-order valence-corrected chi connectivity index (χ0v) is 72.3. The summed E-state index contributed by atoms with van der Waals surface area (Å²) < 4.78 is 17.2. The number of benzene rings is 5. The Morgan fingerprint density at radius 1 is 0.402 bits per heavy atom. The summed E-state index contributed by atoms with van der Waals surface area (Å²) in [7, 11) is 0. The van der Waals surface area contributed by atoms with Gasteiger partial charge in [0.25, 0.3) is 34.4 Å². The number of rotatable bonds is 21. The molecule has 122 heavy (non-hydrogen) atoms. The number of aromatic nitrogens is 10. The number of likely N-dealkylation sites (tertiary alicyclic amines) is 1. The first-order chi connectivity index (χ1) is 59.2. The summed E-state index contributed by atoms with van der Waals surface area (Å²) in [6.45, 7) is 23.1. The Balaban J connectivity index is 0.000000136. The highest BCUT2D eigenvalue weighted by atomic mass is 35.5. The highest BCUT2D eigenvalue weighted by Crippen LogP contribution is 2.41. The maximum Gasteiger partial charge on any atom is 0.253 e. The minimum Gasteiger partial charge on any atom is -0.379 e. The van der Waals surface area contributed by atoms with Gasteiger partial charge in [0.05, 0.1) is 102 Å². The number of nitrogens with zero attached hydrogens (tertiary/aromatic N) is 10. The summed E-state index contributed by atoms with van der Waals surface area (Å²) in [6.07, 6.45) is 24.9. The van der Waals surface area contributed by atoms with E-state index in [1.54, 1.807) is 12.4 Å². The van der Waals surface area contributed by atoms with E-state index in [9.17, 15) is 28.8 Å². The highest BCUT2D eigenvalue weighted by molar-refractivity contribution is 6.33. The van der Waals surface area contributed by atoms with Gasteiger partial charge in [0, 0.05) is 143 Å². The molecule has 3 aliphatic carbocycles. The van der Waals surface area contributed by atoms with Gasteiger partial charge in [-0.05, 0) is 229 Å². The van der Waals surface area contributed by atoms with E-state index >= 15 is 0 Å². The predicted molar refractivity (Wildman–Crippen MR) is 480 cm³/mol. The van der Waals surface area contributed by atoms with Crippen LogP contribution in [0.1, 0.15) is 213 Å². The zero-order chi connectivity index (χ0) is 84.7. The van der Waals surface area contributed by atoms with Gasteiger partial charge >= 0.3 is 0 Å². The van der Waals surface area contributed by atoms with Crippen LogP contribution in [-0.2, 0) is 48.7 Å². The number of halogens is 2. The molecule has 24 nitrogen and oxygen atoms in total. The molecule has 636 valence electrons. The maximum absolute atomic E-state index is 13.7. The van der Waals surface area contributed by atoms with Gasteiger partial charge in [-0.25, -0.2) is 0 Å². The first kappa shape index (κ1) is 84.9. The van der Waals surface area contributed by atoms with Gasteiger partial charge < -0.3 is 40.4 Å². The SMILES string of the molecule is Cc1cc(C)c(CNC(=O)c2cc(-c3ccc(CN4CCCCC4)cn3)cc3c2cnn3C2CCCC2)c(=O)[nH]1.Cc1cc(C)c(CNC(=O)c2cc(-c3ccc(CN4CCOCC4)c(Cl)c3)cc3c2cnn3C2CCCC2)c(=O)[nH]1.Cc1cc(C)c(CNC(=O)c2cc(-c3ccc(CN4CCOCC4)cc3Cl)cc3c2cnn3C2CCCC2)c(=O)[nH]1. The number of pyridine rings is 4. The fraction of sp³-hybridized carbons (Fsp3) is 0.417. The number of carbonyl (C=O) groups is 3. The second kappa shape index (κ2) is 38.4. The number of ether oxygens (including phenoxy) is 2. The third-order valence-corrected chi connectivity index (χ3v) is 26.0. The van der Waals surface area contributed by atoms with E-state index in [0.29, 0.717) is 61.6 Å². The van der Waals surface area contributed by atoms with Crippen molar-refractivity contribution in [1.29, 1.82) is 0 Å². The standard InChI is InChI=1S/2C32H36ClN5O3.C32H38N6O2/c1-20-13-21(2)36-32(40)27(20)17-34-31(39)26-14-24(16-30-28(26)18-35-38(30)25-5-3-4-6-25)22-7-8-23(29(33)15-22)19-37-9-11-41-12-10-37;1-20-13-21(2)36-32(40)27(20)17-34-31(39)26-15-23(16-30-28(26)18-35-38(30)24-5-3-4-6-24)25-8-7-22(14-29(25)33)19-37-9-11-41-12-10-37;1-21-14-22(2)36-32(40)27(21)18-34-31(39)26-15-24(16-30-28(26)19-35-38(30)25-8-4-5-9-25)29-11-10-23(17-33-29)20-37-12-6-3-7-13-37/h7-8,13-16,18,25H,3-6,9-12,17,19H2,1-2H3,(H,34,39)(H,36,40);7-8,13-16,18,24H,3-6,9-12,17,19H2,1-2H3,(H,34,39)(H,36,40);10-11,14-17,19,25H,3-9,12-13,18,20H2,1-2H3,(H,34,39)(H,36,40). The van der Waals surface area contributed by atoms with E-state index < -0.39 is 0 Å². The van der Waals surface area contributed by atoms with E-state index in [4.69, 9.17) is 53.0 Å². The third kappa shape index (κ3) is 19.5. The normalized spacial score (nSPS) is 16.5. The van der Waals surface area contributed by atoms with Gasteiger partial charge in [-0.1, -0.05) is 98.5 Å². The van der Waals surface area contributed by atoms with Gasteiger partial charge in [-0.15, -0.1) is 0 Å². The molecule has 6 N–H and O–H groups in total. The van der Waals surface area contributed by atoms with Crippen molar-refractivity contribution in [2.45, 2.75) is 195 Å². The molecule has 26 heteroatoms.